The average molecular weight is 429 g/mol. The molecule has 4 rings (SSSR count). The SMILES string of the molecule is CC(=NNC(=O)c1ccc(O)c(O)c1)C1C(=O)N(c2ccc(C)c(C)c2)c2ccccc21. The highest BCUT2D eigenvalue weighted by Crippen LogP contribution is 2.42. The topological polar surface area (TPSA) is 102 Å². The largest absolute Gasteiger partial charge is 0.504 e. The van der Waals surface area contributed by atoms with Crippen LogP contribution >= 0.6 is 0 Å². The standard InChI is InChI=1S/C25H23N3O4/c1-14-8-10-18(12-15(14)2)28-20-7-5-4-6-19(20)23(25(28)32)16(3)26-27-24(31)17-9-11-21(29)22(30)13-17/h4-13,23,29-30H,1-3H3,(H,27,31). The van der Waals surface area contributed by atoms with Gasteiger partial charge in [-0.1, -0.05) is 24.3 Å². The molecule has 7 nitrogen and oxygen atoms in total. The second-order valence-electron chi connectivity index (χ2n) is 7.83. The number of rotatable bonds is 4. The summed E-state index contributed by atoms with van der Waals surface area (Å²) in [4.78, 5) is 27.6. The van der Waals surface area contributed by atoms with E-state index in [1.54, 1.807) is 11.8 Å². The van der Waals surface area contributed by atoms with Crippen LogP contribution < -0.4 is 10.3 Å². The lowest BCUT2D eigenvalue weighted by Crippen LogP contribution is -2.29. The molecule has 0 fully saturated rings. The molecule has 2 amide bonds. The Morgan fingerprint density at radius 1 is 0.969 bits per heavy atom. The molecule has 0 aliphatic carbocycles. The first-order valence-corrected chi connectivity index (χ1v) is 10.1. The zero-order chi connectivity index (χ0) is 23.0. The number of hydrogen-bond donors (Lipinski definition) is 3. The number of anilines is 2. The van der Waals surface area contributed by atoms with Gasteiger partial charge in [0.25, 0.3) is 5.91 Å². The summed E-state index contributed by atoms with van der Waals surface area (Å²) in [5.74, 6) is -2.07. The molecule has 3 aromatic rings. The zero-order valence-electron chi connectivity index (χ0n) is 18.0. The van der Waals surface area contributed by atoms with E-state index in [2.05, 4.69) is 10.5 Å². The third-order valence-electron chi connectivity index (χ3n) is 5.69. The van der Waals surface area contributed by atoms with Gasteiger partial charge in [-0.25, -0.2) is 5.43 Å². The van der Waals surface area contributed by atoms with Crippen LogP contribution in [0, 0.1) is 13.8 Å². The fraction of sp³-hybridized carbons (Fsp3) is 0.160. The van der Waals surface area contributed by atoms with Crippen molar-refractivity contribution >= 4 is 28.9 Å². The van der Waals surface area contributed by atoms with Gasteiger partial charge in [0.15, 0.2) is 11.5 Å². The van der Waals surface area contributed by atoms with Crippen molar-refractivity contribution in [3.05, 3.63) is 82.9 Å². The Morgan fingerprint density at radius 3 is 2.44 bits per heavy atom. The molecule has 3 N–H and O–H groups in total. The number of aryl methyl sites for hydroxylation is 2. The average Bonchev–Trinajstić information content (AvgIpc) is 3.07. The number of hydrogen-bond acceptors (Lipinski definition) is 5. The smallest absolute Gasteiger partial charge is 0.271 e. The molecule has 1 aliphatic rings. The molecule has 7 heteroatoms. The molecule has 1 aliphatic heterocycles. The van der Waals surface area contributed by atoms with Crippen LogP contribution in [0.2, 0.25) is 0 Å². The Hall–Kier alpha value is -4.13. The number of phenols is 2. The van der Waals surface area contributed by atoms with Gasteiger partial charge in [0.05, 0.1) is 11.4 Å². The van der Waals surface area contributed by atoms with Gasteiger partial charge in [-0.3, -0.25) is 14.5 Å². The van der Waals surface area contributed by atoms with Crippen LogP contribution in [0.25, 0.3) is 0 Å². The number of amides is 2. The number of hydrazone groups is 1. The molecule has 0 saturated carbocycles. The summed E-state index contributed by atoms with van der Waals surface area (Å²) in [5, 5.41) is 23.2. The molecule has 0 aromatic heterocycles. The normalized spacial score (nSPS) is 15.6. The number of phenolic OH excluding ortho intramolecular Hbond substituents is 2. The lowest BCUT2D eigenvalue weighted by molar-refractivity contribution is -0.117. The summed E-state index contributed by atoms with van der Waals surface area (Å²) in [5.41, 5.74) is 7.61. The number of carbonyl (C=O) groups excluding carboxylic acids is 2. The minimum Gasteiger partial charge on any atom is -0.504 e. The van der Waals surface area contributed by atoms with Crippen molar-refractivity contribution in [3.63, 3.8) is 0 Å². The number of nitrogens with zero attached hydrogens (tertiary/aromatic N) is 2. The number of para-hydroxylation sites is 1. The summed E-state index contributed by atoms with van der Waals surface area (Å²) in [6, 6.07) is 17.2. The first-order chi connectivity index (χ1) is 15.3. The molecule has 1 heterocycles. The number of aromatic hydroxyl groups is 2. The van der Waals surface area contributed by atoms with E-state index in [1.165, 1.54) is 12.1 Å². The van der Waals surface area contributed by atoms with Gasteiger partial charge in [0.2, 0.25) is 5.91 Å². The van der Waals surface area contributed by atoms with Crippen molar-refractivity contribution in [1.29, 1.82) is 0 Å². The summed E-state index contributed by atoms with van der Waals surface area (Å²) in [6.07, 6.45) is 0. The highest BCUT2D eigenvalue weighted by atomic mass is 16.3. The molecule has 0 radical (unpaired) electrons. The van der Waals surface area contributed by atoms with Crippen molar-refractivity contribution in [2.24, 2.45) is 5.10 Å². The zero-order valence-corrected chi connectivity index (χ0v) is 18.0. The van der Waals surface area contributed by atoms with Gasteiger partial charge in [-0.15, -0.1) is 0 Å². The van der Waals surface area contributed by atoms with Gasteiger partial charge in [0.1, 0.15) is 5.92 Å². The second kappa shape index (κ2) is 8.19. The van der Waals surface area contributed by atoms with E-state index in [4.69, 9.17) is 0 Å². The van der Waals surface area contributed by atoms with E-state index in [-0.39, 0.29) is 17.2 Å². The maximum atomic E-state index is 13.5. The summed E-state index contributed by atoms with van der Waals surface area (Å²) in [7, 11) is 0. The molecule has 0 saturated heterocycles. The Balaban J connectivity index is 1.64. The van der Waals surface area contributed by atoms with Crippen molar-refractivity contribution in [3.8, 4) is 11.5 Å². The third-order valence-corrected chi connectivity index (χ3v) is 5.69. The van der Waals surface area contributed by atoms with Crippen molar-refractivity contribution in [2.75, 3.05) is 4.90 Å². The first kappa shape index (κ1) is 21.1. The number of nitrogens with one attached hydrogen (secondary N) is 1. The van der Waals surface area contributed by atoms with Crippen LogP contribution in [0.1, 0.15) is 39.9 Å². The van der Waals surface area contributed by atoms with Crippen LogP contribution in [0.3, 0.4) is 0 Å². The van der Waals surface area contributed by atoms with Crippen molar-refractivity contribution < 1.29 is 19.8 Å². The fourth-order valence-electron chi connectivity index (χ4n) is 3.78. The summed E-state index contributed by atoms with van der Waals surface area (Å²) >= 11 is 0. The van der Waals surface area contributed by atoms with Crippen LogP contribution in [-0.4, -0.2) is 27.7 Å². The van der Waals surface area contributed by atoms with E-state index < -0.39 is 17.6 Å². The van der Waals surface area contributed by atoms with Gasteiger partial charge < -0.3 is 10.2 Å². The molecular weight excluding hydrogens is 406 g/mol. The van der Waals surface area contributed by atoms with Crippen LogP contribution in [0.4, 0.5) is 11.4 Å². The van der Waals surface area contributed by atoms with E-state index in [9.17, 15) is 19.8 Å². The Kier molecular flexibility index (Phi) is 5.40. The van der Waals surface area contributed by atoms with E-state index in [1.807, 2.05) is 56.3 Å². The minimum absolute atomic E-state index is 0.131. The predicted molar refractivity (Wildman–Crippen MR) is 123 cm³/mol. The van der Waals surface area contributed by atoms with Gasteiger partial charge >= 0.3 is 0 Å². The lowest BCUT2D eigenvalue weighted by Gasteiger charge is -2.19. The lowest BCUT2D eigenvalue weighted by atomic mass is 9.96. The van der Waals surface area contributed by atoms with E-state index >= 15 is 0 Å². The van der Waals surface area contributed by atoms with Crippen molar-refractivity contribution in [2.45, 2.75) is 26.7 Å². The molecular formula is C25H23N3O4. The highest BCUT2D eigenvalue weighted by molar-refractivity contribution is 6.21. The summed E-state index contributed by atoms with van der Waals surface area (Å²) in [6.45, 7) is 5.72. The quantitative estimate of drug-likeness (QED) is 0.327. The van der Waals surface area contributed by atoms with E-state index in [0.29, 0.717) is 5.71 Å². The monoisotopic (exact) mass is 429 g/mol. The fourth-order valence-corrected chi connectivity index (χ4v) is 3.78. The number of carbonyl (C=O) groups is 2. The Morgan fingerprint density at radius 2 is 1.72 bits per heavy atom. The van der Waals surface area contributed by atoms with Crippen LogP contribution in [0.15, 0.2) is 65.8 Å². The summed E-state index contributed by atoms with van der Waals surface area (Å²) < 4.78 is 0. The van der Waals surface area contributed by atoms with Crippen LogP contribution in [0.5, 0.6) is 11.5 Å². The molecule has 32 heavy (non-hydrogen) atoms. The predicted octanol–water partition coefficient (Wildman–Crippen LogP) is 4.28. The number of fused-ring (bicyclic) bond motifs is 1. The molecule has 1 unspecified atom stereocenters. The Bertz CT molecular complexity index is 1270. The van der Waals surface area contributed by atoms with Crippen LogP contribution in [-0.2, 0) is 4.79 Å². The number of benzene rings is 3. The molecule has 1 atom stereocenters. The highest BCUT2D eigenvalue weighted by Gasteiger charge is 2.39. The first-order valence-electron chi connectivity index (χ1n) is 10.1. The van der Waals surface area contributed by atoms with Gasteiger partial charge in [-0.2, -0.15) is 5.10 Å². The molecule has 162 valence electrons. The Labute approximate surface area is 185 Å². The van der Waals surface area contributed by atoms with Crippen molar-refractivity contribution in [1.82, 2.24) is 5.43 Å². The third kappa shape index (κ3) is 3.69. The van der Waals surface area contributed by atoms with E-state index in [0.717, 1.165) is 34.1 Å². The second-order valence-corrected chi connectivity index (χ2v) is 7.83. The van der Waals surface area contributed by atoms with Gasteiger partial charge in [-0.05, 0) is 73.9 Å². The maximum absolute atomic E-state index is 13.5. The molecule has 0 spiro atoms. The minimum atomic E-state index is -0.638. The van der Waals surface area contributed by atoms with Gasteiger partial charge in [0, 0.05) is 11.3 Å². The molecule has 3 aromatic carbocycles. The molecule has 0 bridgehead atoms. The maximum Gasteiger partial charge on any atom is 0.271 e.